The Morgan fingerprint density at radius 3 is 2.58 bits per heavy atom. The number of benzene rings is 2. The van der Waals surface area contributed by atoms with E-state index in [1.807, 2.05) is 0 Å². The lowest BCUT2D eigenvalue weighted by molar-refractivity contribution is 0.0475. The molecular formula is C24H20N4O5. The van der Waals surface area contributed by atoms with Crippen LogP contribution in [0, 0.1) is 0 Å². The SMILES string of the molecule is O=C(Nc1ccc(Oc2ccc3c(c2)C(=O)N(CC2CCCO2)C3=O)cc1)c1cnccn1. The standard InChI is InChI=1S/C24H20N4O5/c29-22(21-13-25-9-10-26-21)27-15-3-5-16(6-4-15)33-17-7-8-19-20(12-17)24(31)28(23(19)30)14-18-2-1-11-32-18/h3-10,12-13,18H,1-2,11,14H2,(H,27,29). The topological polar surface area (TPSA) is 111 Å². The Kier molecular flexibility index (Phi) is 5.54. The van der Waals surface area contributed by atoms with Crippen molar-refractivity contribution in [2.45, 2.75) is 18.9 Å². The van der Waals surface area contributed by atoms with E-state index < -0.39 is 0 Å². The Morgan fingerprint density at radius 2 is 1.85 bits per heavy atom. The van der Waals surface area contributed by atoms with E-state index in [1.54, 1.807) is 42.5 Å². The predicted octanol–water partition coefficient (Wildman–Crippen LogP) is 3.30. The number of carbonyl (C=O) groups is 3. The summed E-state index contributed by atoms with van der Waals surface area (Å²) in [5, 5.41) is 2.73. The molecule has 3 amide bonds. The zero-order chi connectivity index (χ0) is 22.8. The highest BCUT2D eigenvalue weighted by atomic mass is 16.5. The number of nitrogens with one attached hydrogen (secondary N) is 1. The first kappa shape index (κ1) is 20.8. The van der Waals surface area contributed by atoms with E-state index in [0.717, 1.165) is 12.8 Å². The van der Waals surface area contributed by atoms with Crippen LogP contribution in [0.25, 0.3) is 0 Å². The molecule has 3 aromatic rings. The number of carbonyl (C=O) groups excluding carboxylic acids is 3. The third-order valence-corrected chi connectivity index (χ3v) is 5.50. The molecule has 0 bridgehead atoms. The monoisotopic (exact) mass is 444 g/mol. The molecule has 1 N–H and O–H groups in total. The Bertz CT molecular complexity index is 1210. The lowest BCUT2D eigenvalue weighted by atomic mass is 10.1. The van der Waals surface area contributed by atoms with Crippen molar-refractivity contribution in [3.63, 3.8) is 0 Å². The van der Waals surface area contributed by atoms with E-state index in [2.05, 4.69) is 15.3 Å². The molecular weight excluding hydrogens is 424 g/mol. The number of ether oxygens (including phenoxy) is 2. The molecule has 0 spiro atoms. The molecule has 9 nitrogen and oxygen atoms in total. The number of rotatable bonds is 6. The van der Waals surface area contributed by atoms with E-state index >= 15 is 0 Å². The van der Waals surface area contributed by atoms with Crippen LogP contribution >= 0.6 is 0 Å². The van der Waals surface area contributed by atoms with Gasteiger partial charge in [0.2, 0.25) is 0 Å². The smallest absolute Gasteiger partial charge is 0.275 e. The summed E-state index contributed by atoms with van der Waals surface area (Å²) in [5.74, 6) is -0.0601. The van der Waals surface area contributed by atoms with Gasteiger partial charge in [-0.05, 0) is 55.3 Å². The Balaban J connectivity index is 1.25. The molecule has 0 aliphatic carbocycles. The van der Waals surface area contributed by atoms with Gasteiger partial charge in [0.25, 0.3) is 17.7 Å². The highest BCUT2D eigenvalue weighted by Gasteiger charge is 2.37. The van der Waals surface area contributed by atoms with Crippen LogP contribution in [0.4, 0.5) is 5.69 Å². The van der Waals surface area contributed by atoms with Crippen molar-refractivity contribution in [2.24, 2.45) is 0 Å². The average Bonchev–Trinajstić information content (AvgIpc) is 3.44. The third kappa shape index (κ3) is 4.31. The number of nitrogens with zero attached hydrogens (tertiary/aromatic N) is 3. The molecule has 1 aromatic heterocycles. The largest absolute Gasteiger partial charge is 0.457 e. The Morgan fingerprint density at radius 1 is 1.06 bits per heavy atom. The summed E-state index contributed by atoms with van der Waals surface area (Å²) in [6, 6.07) is 11.6. The van der Waals surface area contributed by atoms with Gasteiger partial charge in [0, 0.05) is 24.7 Å². The van der Waals surface area contributed by atoms with Crippen molar-refractivity contribution in [1.82, 2.24) is 14.9 Å². The first-order chi connectivity index (χ1) is 16.1. The van der Waals surface area contributed by atoms with Crippen LogP contribution in [0.5, 0.6) is 11.5 Å². The van der Waals surface area contributed by atoms with Crippen molar-refractivity contribution in [3.8, 4) is 11.5 Å². The minimum absolute atomic E-state index is 0.101. The maximum absolute atomic E-state index is 12.8. The molecule has 166 valence electrons. The number of aromatic nitrogens is 2. The Labute approximate surface area is 189 Å². The number of hydrogen-bond acceptors (Lipinski definition) is 7. The molecule has 1 fully saturated rings. The number of amides is 3. The van der Waals surface area contributed by atoms with Crippen molar-refractivity contribution >= 4 is 23.4 Å². The number of fused-ring (bicyclic) bond motifs is 1. The normalized spacial score (nSPS) is 17.2. The first-order valence-electron chi connectivity index (χ1n) is 10.6. The van der Waals surface area contributed by atoms with Gasteiger partial charge in [0.15, 0.2) is 0 Å². The fourth-order valence-corrected chi connectivity index (χ4v) is 3.84. The van der Waals surface area contributed by atoms with Gasteiger partial charge in [-0.15, -0.1) is 0 Å². The quantitative estimate of drug-likeness (QED) is 0.581. The maximum atomic E-state index is 12.8. The van der Waals surface area contributed by atoms with Crippen LogP contribution in [0.15, 0.2) is 61.1 Å². The minimum atomic E-state index is -0.369. The summed E-state index contributed by atoms with van der Waals surface area (Å²) in [6.07, 6.45) is 6.01. The molecule has 2 aliphatic heterocycles. The van der Waals surface area contributed by atoms with Crippen LogP contribution < -0.4 is 10.1 Å². The van der Waals surface area contributed by atoms with E-state index in [0.29, 0.717) is 34.9 Å². The van der Waals surface area contributed by atoms with Crippen LogP contribution in [-0.4, -0.2) is 51.8 Å². The highest BCUT2D eigenvalue weighted by Crippen LogP contribution is 2.30. The van der Waals surface area contributed by atoms with Crippen LogP contribution in [0.1, 0.15) is 44.0 Å². The van der Waals surface area contributed by atoms with E-state index in [4.69, 9.17) is 9.47 Å². The molecule has 0 saturated carbocycles. The molecule has 5 rings (SSSR count). The number of anilines is 1. The fourth-order valence-electron chi connectivity index (χ4n) is 3.84. The Hall–Kier alpha value is -4.11. The van der Waals surface area contributed by atoms with Gasteiger partial charge in [0.05, 0.1) is 30.0 Å². The zero-order valence-electron chi connectivity index (χ0n) is 17.6. The summed E-state index contributed by atoms with van der Waals surface area (Å²) >= 11 is 0. The second-order valence-electron chi connectivity index (χ2n) is 7.73. The van der Waals surface area contributed by atoms with Crippen molar-refractivity contribution in [3.05, 3.63) is 77.9 Å². The van der Waals surface area contributed by atoms with Gasteiger partial charge in [0.1, 0.15) is 17.2 Å². The third-order valence-electron chi connectivity index (χ3n) is 5.50. The van der Waals surface area contributed by atoms with E-state index in [9.17, 15) is 14.4 Å². The summed E-state index contributed by atoms with van der Waals surface area (Å²) < 4.78 is 11.4. The van der Waals surface area contributed by atoms with Gasteiger partial charge in [-0.25, -0.2) is 4.98 Å². The summed E-state index contributed by atoms with van der Waals surface area (Å²) in [4.78, 5) is 46.7. The van der Waals surface area contributed by atoms with Gasteiger partial charge >= 0.3 is 0 Å². The number of imide groups is 1. The number of hydrogen-bond donors (Lipinski definition) is 1. The second-order valence-corrected chi connectivity index (χ2v) is 7.73. The van der Waals surface area contributed by atoms with Gasteiger partial charge in [-0.1, -0.05) is 0 Å². The molecule has 1 atom stereocenters. The molecule has 1 saturated heterocycles. The second kappa shape index (κ2) is 8.79. The van der Waals surface area contributed by atoms with Gasteiger partial charge in [-0.2, -0.15) is 0 Å². The first-order valence-corrected chi connectivity index (χ1v) is 10.6. The lowest BCUT2D eigenvalue weighted by Gasteiger charge is -2.17. The molecule has 0 radical (unpaired) electrons. The van der Waals surface area contributed by atoms with Gasteiger partial charge < -0.3 is 14.8 Å². The van der Waals surface area contributed by atoms with Crippen molar-refractivity contribution in [2.75, 3.05) is 18.5 Å². The van der Waals surface area contributed by atoms with Crippen molar-refractivity contribution < 1.29 is 23.9 Å². The fraction of sp³-hybridized carbons (Fsp3) is 0.208. The van der Waals surface area contributed by atoms with E-state index in [-0.39, 0.29) is 36.1 Å². The van der Waals surface area contributed by atoms with Crippen LogP contribution in [0.2, 0.25) is 0 Å². The van der Waals surface area contributed by atoms with Crippen LogP contribution in [0.3, 0.4) is 0 Å². The summed E-state index contributed by atoms with van der Waals surface area (Å²) in [7, 11) is 0. The highest BCUT2D eigenvalue weighted by molar-refractivity contribution is 6.21. The average molecular weight is 444 g/mol. The molecule has 3 heterocycles. The maximum Gasteiger partial charge on any atom is 0.275 e. The van der Waals surface area contributed by atoms with Crippen LogP contribution in [-0.2, 0) is 4.74 Å². The molecule has 9 heteroatoms. The predicted molar refractivity (Wildman–Crippen MR) is 117 cm³/mol. The van der Waals surface area contributed by atoms with Crippen molar-refractivity contribution in [1.29, 1.82) is 0 Å². The minimum Gasteiger partial charge on any atom is -0.457 e. The lowest BCUT2D eigenvalue weighted by Crippen LogP contribution is -2.36. The molecule has 2 aliphatic rings. The summed E-state index contributed by atoms with van der Waals surface area (Å²) in [6.45, 7) is 0.929. The summed E-state index contributed by atoms with van der Waals surface area (Å²) in [5.41, 5.74) is 1.47. The van der Waals surface area contributed by atoms with E-state index in [1.165, 1.54) is 23.5 Å². The molecule has 2 aromatic carbocycles. The molecule has 33 heavy (non-hydrogen) atoms. The van der Waals surface area contributed by atoms with Gasteiger partial charge in [-0.3, -0.25) is 24.3 Å². The molecule has 1 unspecified atom stereocenters. The zero-order valence-corrected chi connectivity index (χ0v) is 17.6.